The fourth-order valence-electron chi connectivity index (χ4n) is 0.914. The molecule has 0 fully saturated rings. The predicted molar refractivity (Wildman–Crippen MR) is 48.5 cm³/mol. The van der Waals surface area contributed by atoms with Crippen LogP contribution in [0, 0.1) is 17.2 Å². The normalized spacial score (nSPS) is 12.0. The van der Waals surface area contributed by atoms with Gasteiger partial charge in [0.25, 0.3) is 0 Å². The molecular formula is C9H14ClN. The van der Waals surface area contributed by atoms with Gasteiger partial charge in [0.2, 0.25) is 0 Å². The Morgan fingerprint density at radius 1 is 1.55 bits per heavy atom. The molecule has 0 aromatic heterocycles. The van der Waals surface area contributed by atoms with Crippen molar-refractivity contribution in [2.75, 3.05) is 5.88 Å². The second kappa shape index (κ2) is 7.63. The lowest BCUT2D eigenvalue weighted by Crippen LogP contribution is -1.97. The topological polar surface area (TPSA) is 23.8 Å². The van der Waals surface area contributed by atoms with E-state index in [1.54, 1.807) is 0 Å². The van der Waals surface area contributed by atoms with Gasteiger partial charge in [-0.1, -0.05) is 6.08 Å². The Labute approximate surface area is 73.7 Å². The zero-order valence-electron chi connectivity index (χ0n) is 6.72. The molecule has 11 heavy (non-hydrogen) atoms. The van der Waals surface area contributed by atoms with Gasteiger partial charge in [0.15, 0.2) is 0 Å². The molecule has 0 aromatic carbocycles. The van der Waals surface area contributed by atoms with Crippen molar-refractivity contribution < 1.29 is 0 Å². The van der Waals surface area contributed by atoms with E-state index in [-0.39, 0.29) is 5.92 Å². The fourth-order valence-corrected chi connectivity index (χ4v) is 1.18. The quantitative estimate of drug-likeness (QED) is 0.342. The highest BCUT2D eigenvalue weighted by atomic mass is 35.5. The maximum absolute atomic E-state index is 8.62. The second-order valence-electron chi connectivity index (χ2n) is 2.52. The molecule has 0 N–H and O–H groups in total. The maximum Gasteiger partial charge on any atom is 0.0656 e. The molecule has 0 aromatic rings. The Morgan fingerprint density at radius 3 is 2.73 bits per heavy atom. The zero-order valence-corrected chi connectivity index (χ0v) is 7.48. The zero-order chi connectivity index (χ0) is 8.53. The lowest BCUT2D eigenvalue weighted by molar-refractivity contribution is 0.563. The molecule has 0 spiro atoms. The molecule has 0 amide bonds. The van der Waals surface area contributed by atoms with E-state index in [4.69, 9.17) is 16.9 Å². The minimum atomic E-state index is 0.146. The number of rotatable bonds is 6. The van der Waals surface area contributed by atoms with Crippen LogP contribution in [0.4, 0.5) is 0 Å². The van der Waals surface area contributed by atoms with Crippen molar-refractivity contribution >= 4 is 11.6 Å². The predicted octanol–water partition coefficient (Wildman–Crippen LogP) is 3.11. The van der Waals surface area contributed by atoms with Crippen LogP contribution in [0.2, 0.25) is 0 Å². The molecule has 0 bridgehead atoms. The van der Waals surface area contributed by atoms with Gasteiger partial charge in [0.1, 0.15) is 0 Å². The van der Waals surface area contributed by atoms with Gasteiger partial charge >= 0.3 is 0 Å². The van der Waals surface area contributed by atoms with Crippen LogP contribution in [-0.2, 0) is 0 Å². The largest absolute Gasteiger partial charge is 0.198 e. The highest BCUT2D eigenvalue weighted by molar-refractivity contribution is 6.17. The molecule has 1 nitrogen and oxygen atoms in total. The Bertz CT molecular complexity index is 137. The fraction of sp³-hybridized carbons (Fsp3) is 0.667. The van der Waals surface area contributed by atoms with E-state index in [0.29, 0.717) is 5.88 Å². The summed E-state index contributed by atoms with van der Waals surface area (Å²) in [5.41, 5.74) is 0. The van der Waals surface area contributed by atoms with Gasteiger partial charge in [-0.3, -0.25) is 0 Å². The Hall–Kier alpha value is -0.480. The third kappa shape index (κ3) is 5.94. The summed E-state index contributed by atoms with van der Waals surface area (Å²) in [6, 6.07) is 2.24. The smallest absolute Gasteiger partial charge is 0.0656 e. The summed E-state index contributed by atoms with van der Waals surface area (Å²) in [5.74, 6) is 0.735. The molecule has 0 aliphatic heterocycles. The lowest BCUT2D eigenvalue weighted by Gasteiger charge is -2.03. The molecule has 0 aliphatic rings. The van der Waals surface area contributed by atoms with Crippen molar-refractivity contribution in [1.29, 1.82) is 5.26 Å². The number of alkyl halides is 1. The minimum absolute atomic E-state index is 0.146. The summed E-state index contributed by atoms with van der Waals surface area (Å²) in [4.78, 5) is 0. The summed E-state index contributed by atoms with van der Waals surface area (Å²) in [7, 11) is 0. The van der Waals surface area contributed by atoms with Crippen LogP contribution in [0.5, 0.6) is 0 Å². The van der Waals surface area contributed by atoms with Gasteiger partial charge in [-0.2, -0.15) is 5.26 Å². The van der Waals surface area contributed by atoms with Crippen LogP contribution in [0.1, 0.15) is 25.7 Å². The SMILES string of the molecule is C=CCCCC(C#N)CCCl. The van der Waals surface area contributed by atoms with Gasteiger partial charge in [-0.05, 0) is 25.7 Å². The van der Waals surface area contributed by atoms with Gasteiger partial charge in [0, 0.05) is 11.8 Å². The summed E-state index contributed by atoms with van der Waals surface area (Å²) < 4.78 is 0. The molecule has 1 atom stereocenters. The van der Waals surface area contributed by atoms with Crippen molar-refractivity contribution in [2.45, 2.75) is 25.7 Å². The monoisotopic (exact) mass is 171 g/mol. The summed E-state index contributed by atoms with van der Waals surface area (Å²) in [6.45, 7) is 3.62. The van der Waals surface area contributed by atoms with Crippen molar-refractivity contribution in [2.24, 2.45) is 5.92 Å². The average molecular weight is 172 g/mol. The number of hydrogen-bond donors (Lipinski definition) is 0. The van der Waals surface area contributed by atoms with E-state index in [2.05, 4.69) is 12.6 Å². The number of nitrogens with zero attached hydrogens (tertiary/aromatic N) is 1. The van der Waals surface area contributed by atoms with E-state index in [1.165, 1.54) is 0 Å². The Balaban J connectivity index is 3.37. The standard InChI is InChI=1S/C9H14ClN/c1-2-3-4-5-9(8-11)6-7-10/h2,9H,1,3-7H2. The first-order valence-electron chi connectivity index (χ1n) is 3.91. The van der Waals surface area contributed by atoms with Crippen molar-refractivity contribution in [3.05, 3.63) is 12.7 Å². The van der Waals surface area contributed by atoms with E-state index in [9.17, 15) is 0 Å². The van der Waals surface area contributed by atoms with E-state index in [1.807, 2.05) is 6.08 Å². The first kappa shape index (κ1) is 10.5. The summed E-state index contributed by atoms with van der Waals surface area (Å²) in [6.07, 6.45) is 5.71. The van der Waals surface area contributed by atoms with Gasteiger partial charge in [0.05, 0.1) is 6.07 Å². The number of nitriles is 1. The van der Waals surface area contributed by atoms with Crippen molar-refractivity contribution in [3.63, 3.8) is 0 Å². The number of hydrogen-bond acceptors (Lipinski definition) is 1. The number of unbranched alkanes of at least 4 members (excludes halogenated alkanes) is 1. The van der Waals surface area contributed by atoms with Crippen LogP contribution in [-0.4, -0.2) is 5.88 Å². The average Bonchev–Trinajstić information content (AvgIpc) is 2.03. The highest BCUT2D eigenvalue weighted by Gasteiger charge is 2.04. The van der Waals surface area contributed by atoms with Crippen LogP contribution in [0.3, 0.4) is 0 Å². The minimum Gasteiger partial charge on any atom is -0.198 e. The molecule has 0 heterocycles. The van der Waals surface area contributed by atoms with Crippen LogP contribution in [0.15, 0.2) is 12.7 Å². The van der Waals surface area contributed by atoms with Gasteiger partial charge < -0.3 is 0 Å². The third-order valence-electron chi connectivity index (χ3n) is 1.60. The second-order valence-corrected chi connectivity index (χ2v) is 2.90. The molecule has 0 saturated carbocycles. The summed E-state index contributed by atoms with van der Waals surface area (Å²) >= 11 is 5.52. The Kier molecular flexibility index (Phi) is 7.29. The highest BCUT2D eigenvalue weighted by Crippen LogP contribution is 2.12. The maximum atomic E-state index is 8.62. The van der Waals surface area contributed by atoms with Crippen molar-refractivity contribution in [3.8, 4) is 6.07 Å². The first-order chi connectivity index (χ1) is 5.35. The third-order valence-corrected chi connectivity index (χ3v) is 1.82. The molecule has 1 unspecified atom stereocenters. The summed E-state index contributed by atoms with van der Waals surface area (Å²) in [5, 5.41) is 8.62. The van der Waals surface area contributed by atoms with E-state index >= 15 is 0 Å². The Morgan fingerprint density at radius 2 is 2.27 bits per heavy atom. The van der Waals surface area contributed by atoms with Crippen molar-refractivity contribution in [1.82, 2.24) is 0 Å². The molecule has 0 aliphatic carbocycles. The van der Waals surface area contributed by atoms with Crippen LogP contribution in [0.25, 0.3) is 0 Å². The molecular weight excluding hydrogens is 158 g/mol. The van der Waals surface area contributed by atoms with Gasteiger partial charge in [-0.25, -0.2) is 0 Å². The van der Waals surface area contributed by atoms with Crippen LogP contribution >= 0.6 is 11.6 Å². The van der Waals surface area contributed by atoms with E-state index in [0.717, 1.165) is 25.7 Å². The lowest BCUT2D eigenvalue weighted by atomic mass is 10.0. The molecule has 0 saturated heterocycles. The molecule has 2 heteroatoms. The van der Waals surface area contributed by atoms with Crippen LogP contribution < -0.4 is 0 Å². The molecule has 0 rings (SSSR count). The number of allylic oxidation sites excluding steroid dienone is 1. The number of halogens is 1. The van der Waals surface area contributed by atoms with E-state index < -0.39 is 0 Å². The molecule has 62 valence electrons. The molecule has 0 radical (unpaired) electrons. The first-order valence-corrected chi connectivity index (χ1v) is 4.45. The van der Waals surface area contributed by atoms with Gasteiger partial charge in [-0.15, -0.1) is 18.2 Å².